The molecule has 2 aromatic carbocycles. The molecule has 7 nitrogen and oxygen atoms in total. The molecule has 25 heavy (non-hydrogen) atoms. The van der Waals surface area contributed by atoms with Crippen molar-refractivity contribution in [3.63, 3.8) is 0 Å². The Bertz CT molecular complexity index is 1130. The number of hydrogen-bond donors (Lipinski definition) is 2. The summed E-state index contributed by atoms with van der Waals surface area (Å²) in [7, 11) is 0. The van der Waals surface area contributed by atoms with E-state index in [0.29, 0.717) is 16.5 Å². The second-order valence-electron chi connectivity index (χ2n) is 5.67. The van der Waals surface area contributed by atoms with Gasteiger partial charge in [0.15, 0.2) is 0 Å². The first kappa shape index (κ1) is 15.1. The van der Waals surface area contributed by atoms with E-state index in [9.17, 15) is 9.59 Å². The Morgan fingerprint density at radius 1 is 1.16 bits per heavy atom. The number of carbonyl (C=O) groups excluding carboxylic acids is 1. The standard InChI is InChI=1S/C18H15N5O2/c24-17(13-6-5-12-7-8-19-16(12)11-13)20-9-10-23-18(25)14-3-1-2-4-15(14)21-22-23/h1-8,11,19H,9-10H2,(H,20,24). The molecule has 0 bridgehead atoms. The van der Waals surface area contributed by atoms with Crippen molar-refractivity contribution >= 4 is 27.7 Å². The summed E-state index contributed by atoms with van der Waals surface area (Å²) in [6.45, 7) is 0.543. The van der Waals surface area contributed by atoms with Crippen LogP contribution in [0.3, 0.4) is 0 Å². The Hall–Kier alpha value is -3.48. The first-order valence-electron chi connectivity index (χ1n) is 7.90. The first-order valence-corrected chi connectivity index (χ1v) is 7.90. The van der Waals surface area contributed by atoms with Crippen molar-refractivity contribution in [2.45, 2.75) is 6.54 Å². The van der Waals surface area contributed by atoms with Crippen LogP contribution < -0.4 is 10.9 Å². The van der Waals surface area contributed by atoms with Crippen LogP contribution in [0, 0.1) is 0 Å². The highest BCUT2D eigenvalue weighted by molar-refractivity contribution is 5.97. The van der Waals surface area contributed by atoms with Gasteiger partial charge >= 0.3 is 0 Å². The lowest BCUT2D eigenvalue weighted by Crippen LogP contribution is -2.32. The average Bonchev–Trinajstić information content (AvgIpc) is 3.11. The van der Waals surface area contributed by atoms with E-state index in [-0.39, 0.29) is 24.6 Å². The number of fused-ring (bicyclic) bond motifs is 2. The summed E-state index contributed by atoms with van der Waals surface area (Å²) in [6.07, 6.45) is 1.83. The van der Waals surface area contributed by atoms with Gasteiger partial charge < -0.3 is 10.3 Å². The third-order valence-corrected chi connectivity index (χ3v) is 4.06. The van der Waals surface area contributed by atoms with E-state index in [1.165, 1.54) is 4.68 Å². The van der Waals surface area contributed by atoms with E-state index in [2.05, 4.69) is 20.6 Å². The van der Waals surface area contributed by atoms with Crippen LogP contribution in [0.2, 0.25) is 0 Å². The molecular weight excluding hydrogens is 318 g/mol. The number of aromatic nitrogens is 4. The topological polar surface area (TPSA) is 92.7 Å². The molecule has 7 heteroatoms. The monoisotopic (exact) mass is 333 g/mol. The number of carbonyl (C=O) groups is 1. The average molecular weight is 333 g/mol. The van der Waals surface area contributed by atoms with E-state index >= 15 is 0 Å². The van der Waals surface area contributed by atoms with Crippen molar-refractivity contribution in [3.8, 4) is 0 Å². The molecule has 2 heterocycles. The summed E-state index contributed by atoms with van der Waals surface area (Å²) >= 11 is 0. The molecule has 0 radical (unpaired) electrons. The van der Waals surface area contributed by atoms with E-state index in [1.54, 1.807) is 30.3 Å². The minimum Gasteiger partial charge on any atom is -0.361 e. The van der Waals surface area contributed by atoms with Gasteiger partial charge in [0.1, 0.15) is 5.52 Å². The summed E-state index contributed by atoms with van der Waals surface area (Å²) in [5, 5.41) is 12.3. The fourth-order valence-electron chi connectivity index (χ4n) is 2.74. The number of rotatable bonds is 4. The number of hydrogen-bond acceptors (Lipinski definition) is 4. The SMILES string of the molecule is O=C(NCCn1nnc2ccccc2c1=O)c1ccc2cc[nH]c2c1. The quantitative estimate of drug-likeness (QED) is 0.594. The van der Waals surface area contributed by atoms with E-state index < -0.39 is 0 Å². The van der Waals surface area contributed by atoms with Crippen molar-refractivity contribution in [2.24, 2.45) is 0 Å². The van der Waals surface area contributed by atoms with Crippen LogP contribution in [-0.2, 0) is 6.54 Å². The van der Waals surface area contributed by atoms with Crippen LogP contribution in [0.1, 0.15) is 10.4 Å². The maximum absolute atomic E-state index is 12.3. The molecule has 2 N–H and O–H groups in total. The lowest BCUT2D eigenvalue weighted by molar-refractivity contribution is 0.0951. The third kappa shape index (κ3) is 2.87. The van der Waals surface area contributed by atoms with Crippen LogP contribution >= 0.6 is 0 Å². The number of amides is 1. The van der Waals surface area contributed by atoms with Gasteiger partial charge in [-0.3, -0.25) is 9.59 Å². The van der Waals surface area contributed by atoms with E-state index in [0.717, 1.165) is 10.9 Å². The second kappa shape index (κ2) is 6.20. The summed E-state index contributed by atoms with van der Waals surface area (Å²) < 4.78 is 1.26. The van der Waals surface area contributed by atoms with E-state index in [1.807, 2.05) is 24.4 Å². The molecule has 0 fully saturated rings. The summed E-state index contributed by atoms with van der Waals surface area (Å²) in [6, 6.07) is 14.5. The molecule has 0 unspecified atom stereocenters. The Morgan fingerprint density at radius 3 is 2.96 bits per heavy atom. The minimum atomic E-state index is -0.215. The molecule has 0 aliphatic heterocycles. The van der Waals surface area contributed by atoms with Gasteiger partial charge in [0.25, 0.3) is 11.5 Å². The Labute approximate surface area is 142 Å². The maximum atomic E-state index is 12.3. The lowest BCUT2D eigenvalue weighted by Gasteiger charge is -2.07. The normalized spacial score (nSPS) is 11.0. The molecule has 0 atom stereocenters. The molecule has 0 saturated heterocycles. The van der Waals surface area contributed by atoms with Gasteiger partial charge in [-0.2, -0.15) is 0 Å². The predicted molar refractivity (Wildman–Crippen MR) is 94.4 cm³/mol. The van der Waals surface area contributed by atoms with Gasteiger partial charge in [0.2, 0.25) is 0 Å². The zero-order valence-electron chi connectivity index (χ0n) is 13.3. The number of nitrogens with one attached hydrogen (secondary N) is 2. The van der Waals surface area contributed by atoms with Gasteiger partial charge in [0.05, 0.1) is 11.9 Å². The fraction of sp³-hybridized carbons (Fsp3) is 0.111. The Morgan fingerprint density at radius 2 is 2.04 bits per heavy atom. The second-order valence-corrected chi connectivity index (χ2v) is 5.67. The smallest absolute Gasteiger partial charge is 0.277 e. The molecule has 4 aromatic rings. The van der Waals surface area contributed by atoms with Gasteiger partial charge in [0, 0.05) is 23.8 Å². The Balaban J connectivity index is 1.46. The number of nitrogens with zero attached hydrogens (tertiary/aromatic N) is 3. The highest BCUT2D eigenvalue weighted by atomic mass is 16.2. The van der Waals surface area contributed by atoms with Crippen LogP contribution in [-0.4, -0.2) is 32.4 Å². The fourth-order valence-corrected chi connectivity index (χ4v) is 2.74. The maximum Gasteiger partial charge on any atom is 0.277 e. The summed E-state index contributed by atoms with van der Waals surface area (Å²) in [5.74, 6) is -0.196. The third-order valence-electron chi connectivity index (χ3n) is 4.06. The van der Waals surface area contributed by atoms with Crippen molar-refractivity contribution in [1.82, 2.24) is 25.3 Å². The molecule has 1 amide bonds. The van der Waals surface area contributed by atoms with Crippen LogP contribution in [0.4, 0.5) is 0 Å². The Kier molecular flexibility index (Phi) is 3.74. The molecule has 124 valence electrons. The molecule has 0 saturated carbocycles. The number of aromatic amines is 1. The first-order chi connectivity index (χ1) is 12.2. The molecule has 4 rings (SSSR count). The van der Waals surface area contributed by atoms with Gasteiger partial charge in [-0.15, -0.1) is 5.10 Å². The number of H-pyrrole nitrogens is 1. The summed E-state index contributed by atoms with van der Waals surface area (Å²) in [5.41, 5.74) is 1.82. The van der Waals surface area contributed by atoms with Gasteiger partial charge in [-0.1, -0.05) is 23.4 Å². The molecule has 0 aliphatic rings. The zero-order chi connectivity index (χ0) is 17.2. The van der Waals surface area contributed by atoms with E-state index in [4.69, 9.17) is 0 Å². The van der Waals surface area contributed by atoms with Crippen LogP contribution in [0.5, 0.6) is 0 Å². The van der Waals surface area contributed by atoms with Crippen molar-refractivity contribution in [2.75, 3.05) is 6.54 Å². The van der Waals surface area contributed by atoms with Crippen LogP contribution in [0.25, 0.3) is 21.8 Å². The number of benzene rings is 2. The molecule has 0 aliphatic carbocycles. The van der Waals surface area contributed by atoms with Crippen LogP contribution in [0.15, 0.2) is 59.5 Å². The predicted octanol–water partition coefficient (Wildman–Crippen LogP) is 1.70. The van der Waals surface area contributed by atoms with Crippen molar-refractivity contribution in [1.29, 1.82) is 0 Å². The highest BCUT2D eigenvalue weighted by Crippen LogP contribution is 2.13. The summed E-state index contributed by atoms with van der Waals surface area (Å²) in [4.78, 5) is 27.7. The minimum absolute atomic E-state index is 0.196. The molecule has 2 aromatic heterocycles. The largest absolute Gasteiger partial charge is 0.361 e. The van der Waals surface area contributed by atoms with Crippen molar-refractivity contribution < 1.29 is 4.79 Å². The molecular formula is C18H15N5O2. The molecule has 0 spiro atoms. The zero-order valence-corrected chi connectivity index (χ0v) is 13.3. The lowest BCUT2D eigenvalue weighted by atomic mass is 10.1. The van der Waals surface area contributed by atoms with Gasteiger partial charge in [-0.05, 0) is 35.7 Å². The highest BCUT2D eigenvalue weighted by Gasteiger charge is 2.08. The van der Waals surface area contributed by atoms with Gasteiger partial charge in [-0.25, -0.2) is 4.68 Å². The van der Waals surface area contributed by atoms with Crippen molar-refractivity contribution in [3.05, 3.63) is 70.6 Å².